The number of aromatic nitrogens is 1. The number of nitrogens with zero attached hydrogens (tertiary/aromatic N) is 2. The van der Waals surface area contributed by atoms with Crippen molar-refractivity contribution < 1.29 is 22.7 Å². The van der Waals surface area contributed by atoms with Gasteiger partial charge in [-0.25, -0.2) is 8.42 Å². The Morgan fingerprint density at radius 3 is 2.77 bits per heavy atom. The Morgan fingerprint density at radius 2 is 1.90 bits per heavy atom. The molecule has 0 bridgehead atoms. The average molecular weight is 556 g/mol. The number of nitrogens with one attached hydrogen (secondary N) is 1. The summed E-state index contributed by atoms with van der Waals surface area (Å²) in [6.45, 7) is 1.98. The van der Waals surface area contributed by atoms with Crippen LogP contribution in [0.4, 0.5) is 11.4 Å². The molecule has 204 valence electrons. The van der Waals surface area contributed by atoms with Gasteiger partial charge in [0.25, 0.3) is 5.91 Å². The zero-order valence-electron chi connectivity index (χ0n) is 21.9. The van der Waals surface area contributed by atoms with Crippen molar-refractivity contribution in [1.29, 1.82) is 0 Å². The number of ether oxygens (including phenoxy) is 2. The third kappa shape index (κ3) is 4.80. The number of carbonyl (C=O) groups excluding carboxylic acids is 1. The highest BCUT2D eigenvalue weighted by Crippen LogP contribution is 2.45. The maximum atomic E-state index is 12.9. The second-order valence-electron chi connectivity index (χ2n) is 10.6. The number of hydrogen-bond acceptors (Lipinski definition) is 7. The molecule has 0 atom stereocenters. The van der Waals surface area contributed by atoms with E-state index < -0.39 is 9.84 Å². The Balaban J connectivity index is 1.11. The molecule has 1 N–H and O–H groups in total. The predicted molar refractivity (Wildman–Crippen MR) is 152 cm³/mol. The number of hydrogen-bond donors (Lipinski definition) is 1. The van der Waals surface area contributed by atoms with Gasteiger partial charge in [-0.3, -0.25) is 9.78 Å². The van der Waals surface area contributed by atoms with E-state index >= 15 is 0 Å². The minimum Gasteiger partial charge on any atom is -0.490 e. The second-order valence-corrected chi connectivity index (χ2v) is 12.7. The molecule has 0 unspecified atom stereocenters. The molecule has 0 radical (unpaired) electrons. The van der Waals surface area contributed by atoms with Crippen molar-refractivity contribution >= 4 is 37.9 Å². The highest BCUT2D eigenvalue weighted by Gasteiger charge is 2.27. The monoisotopic (exact) mass is 555 g/mol. The van der Waals surface area contributed by atoms with Gasteiger partial charge in [0.2, 0.25) is 0 Å². The van der Waals surface area contributed by atoms with Gasteiger partial charge in [-0.1, -0.05) is 18.2 Å². The number of fused-ring (bicyclic) bond motifs is 3. The van der Waals surface area contributed by atoms with Crippen LogP contribution in [0.3, 0.4) is 0 Å². The van der Waals surface area contributed by atoms with E-state index in [1.165, 1.54) is 24.5 Å². The van der Waals surface area contributed by atoms with Crippen molar-refractivity contribution in [2.24, 2.45) is 0 Å². The van der Waals surface area contributed by atoms with Gasteiger partial charge >= 0.3 is 0 Å². The molecule has 0 saturated heterocycles. The fraction of sp³-hybridized carbons (Fsp3) is 0.290. The first kappa shape index (κ1) is 25.0. The fourth-order valence-corrected chi connectivity index (χ4v) is 6.84. The van der Waals surface area contributed by atoms with Crippen LogP contribution in [0.2, 0.25) is 0 Å². The van der Waals surface area contributed by atoms with Crippen LogP contribution in [0, 0.1) is 0 Å². The lowest BCUT2D eigenvalue weighted by Gasteiger charge is -2.32. The first-order chi connectivity index (χ1) is 19.4. The molecule has 7 rings (SSSR count). The lowest BCUT2D eigenvalue weighted by Crippen LogP contribution is -2.28. The molecule has 1 aromatic heterocycles. The summed E-state index contributed by atoms with van der Waals surface area (Å²) in [5.74, 6) is 1.13. The van der Waals surface area contributed by atoms with Crippen LogP contribution in [0.5, 0.6) is 5.75 Å². The number of amides is 1. The zero-order valence-corrected chi connectivity index (χ0v) is 22.7. The number of pyridine rings is 1. The summed E-state index contributed by atoms with van der Waals surface area (Å²) in [6.07, 6.45) is 4.32. The molecule has 40 heavy (non-hydrogen) atoms. The van der Waals surface area contributed by atoms with E-state index in [2.05, 4.69) is 51.6 Å². The normalized spacial score (nSPS) is 17.9. The summed E-state index contributed by atoms with van der Waals surface area (Å²) in [4.78, 5) is 20.0. The Hall–Kier alpha value is -3.95. The smallest absolute Gasteiger partial charge is 0.251 e. The fourth-order valence-electron chi connectivity index (χ4n) is 5.45. The van der Waals surface area contributed by atoms with Gasteiger partial charge in [-0.15, -0.1) is 0 Å². The lowest BCUT2D eigenvalue weighted by molar-refractivity contribution is 0.0950. The highest BCUT2D eigenvalue weighted by molar-refractivity contribution is 7.91. The summed E-state index contributed by atoms with van der Waals surface area (Å²) in [7, 11) is -3.49. The topological polar surface area (TPSA) is 97.8 Å². The minimum absolute atomic E-state index is 0.0915. The first-order valence-electron chi connectivity index (χ1n) is 13.6. The molecule has 2 aliphatic heterocycles. The number of sulfone groups is 1. The number of carbonyl (C=O) groups is 1. The summed E-state index contributed by atoms with van der Waals surface area (Å²) in [5, 5.41) is 4.93. The van der Waals surface area contributed by atoms with Gasteiger partial charge in [0.1, 0.15) is 12.4 Å². The maximum absolute atomic E-state index is 12.9. The van der Waals surface area contributed by atoms with E-state index in [-0.39, 0.29) is 36.3 Å². The van der Waals surface area contributed by atoms with Crippen molar-refractivity contribution in [1.82, 2.24) is 10.3 Å². The van der Waals surface area contributed by atoms with E-state index in [1.54, 1.807) is 12.1 Å². The van der Waals surface area contributed by atoms with E-state index in [0.717, 1.165) is 34.4 Å². The molecule has 0 spiro atoms. The summed E-state index contributed by atoms with van der Waals surface area (Å²) < 4.78 is 36.5. The quantitative estimate of drug-likeness (QED) is 0.375. The Morgan fingerprint density at radius 1 is 1.00 bits per heavy atom. The van der Waals surface area contributed by atoms with E-state index in [4.69, 9.17) is 9.47 Å². The molecule has 3 heterocycles. The van der Waals surface area contributed by atoms with Crippen LogP contribution in [-0.4, -0.2) is 44.8 Å². The van der Waals surface area contributed by atoms with Crippen LogP contribution in [0.25, 0.3) is 10.8 Å². The Bertz CT molecular complexity index is 1750. The van der Waals surface area contributed by atoms with Crippen molar-refractivity contribution in [2.75, 3.05) is 30.4 Å². The molecular weight excluding hydrogens is 526 g/mol. The van der Waals surface area contributed by atoms with Gasteiger partial charge in [0.15, 0.2) is 9.84 Å². The number of anilines is 2. The van der Waals surface area contributed by atoms with Crippen LogP contribution in [-0.2, 0) is 27.7 Å². The Kier molecular flexibility index (Phi) is 6.20. The van der Waals surface area contributed by atoms with E-state index in [1.807, 2.05) is 12.3 Å². The summed E-state index contributed by atoms with van der Waals surface area (Å²) >= 11 is 0. The van der Waals surface area contributed by atoms with Crippen molar-refractivity contribution in [2.45, 2.75) is 36.8 Å². The highest BCUT2D eigenvalue weighted by atomic mass is 32.2. The third-order valence-electron chi connectivity index (χ3n) is 7.82. The number of benzene rings is 3. The molecule has 3 aromatic carbocycles. The van der Waals surface area contributed by atoms with Gasteiger partial charge in [0, 0.05) is 22.8 Å². The largest absolute Gasteiger partial charge is 0.490 e. The molecule has 1 aliphatic carbocycles. The van der Waals surface area contributed by atoms with Crippen molar-refractivity contribution in [3.8, 4) is 5.75 Å². The lowest BCUT2D eigenvalue weighted by atomic mass is 10.1. The van der Waals surface area contributed by atoms with Crippen molar-refractivity contribution in [3.63, 3.8) is 0 Å². The second kappa shape index (κ2) is 9.91. The van der Waals surface area contributed by atoms with Crippen LogP contribution >= 0.6 is 0 Å². The van der Waals surface area contributed by atoms with Gasteiger partial charge in [-0.05, 0) is 77.7 Å². The third-order valence-corrected chi connectivity index (χ3v) is 9.57. The molecule has 1 amide bonds. The van der Waals surface area contributed by atoms with Crippen LogP contribution in [0.15, 0.2) is 71.8 Å². The SMILES string of the molecule is O=C(NCc1cc2cc(N3CCOc4ccc(C5CC5)cc43)ccc2cn1)c1ccc2c(c1)S(=O)(=O)CCOC2. The van der Waals surface area contributed by atoms with E-state index in [0.29, 0.717) is 29.3 Å². The van der Waals surface area contributed by atoms with E-state index in [9.17, 15) is 13.2 Å². The minimum atomic E-state index is -3.49. The molecular formula is C31H29N3O5S. The standard InChI is InChI=1S/C31H29N3O5S/c35-31(22-3-4-24-19-38-11-12-40(36,37)30(24)16-22)33-18-26-13-25-14-27(7-5-23(25)17-32-26)34-9-10-39-29-8-6-21(15-28(29)34)20-1-2-20/h3-8,13-17,20H,1-2,9-12,18-19H2,(H,33,35). The van der Waals surface area contributed by atoms with Crippen LogP contribution in [0.1, 0.15) is 45.9 Å². The zero-order chi connectivity index (χ0) is 27.3. The van der Waals surface area contributed by atoms with Gasteiger partial charge in [-0.2, -0.15) is 0 Å². The Labute approximate surface area is 232 Å². The van der Waals surface area contributed by atoms with Crippen molar-refractivity contribution in [3.05, 3.63) is 89.2 Å². The molecule has 1 saturated carbocycles. The molecule has 9 heteroatoms. The van der Waals surface area contributed by atoms with Gasteiger partial charge in [0.05, 0.1) is 48.3 Å². The molecule has 4 aromatic rings. The average Bonchev–Trinajstić information content (AvgIpc) is 3.84. The summed E-state index contributed by atoms with van der Waals surface area (Å²) in [5.41, 5.74) is 5.15. The maximum Gasteiger partial charge on any atom is 0.251 e. The van der Waals surface area contributed by atoms with Crippen LogP contribution < -0.4 is 15.0 Å². The van der Waals surface area contributed by atoms with Gasteiger partial charge < -0.3 is 19.7 Å². The molecule has 3 aliphatic rings. The first-order valence-corrected chi connectivity index (χ1v) is 15.2. The molecule has 8 nitrogen and oxygen atoms in total. The molecule has 1 fully saturated rings. The number of rotatable bonds is 5. The summed E-state index contributed by atoms with van der Waals surface area (Å²) in [6, 6.07) is 19.6. The predicted octanol–water partition coefficient (Wildman–Crippen LogP) is 4.88.